The summed E-state index contributed by atoms with van der Waals surface area (Å²) in [5.74, 6) is -1.07. The lowest BCUT2D eigenvalue weighted by Gasteiger charge is -2.28. The Hall–Kier alpha value is -1.32. The molecular formula is C12H16F2N2. The Balaban J connectivity index is 2.13. The molecule has 16 heavy (non-hydrogen) atoms. The number of unbranched alkanes of at least 4 members (excludes halogenated alkanes) is 1. The maximum absolute atomic E-state index is 13.4. The van der Waals surface area contributed by atoms with Crippen molar-refractivity contribution in [3.63, 3.8) is 0 Å². The second-order valence-electron chi connectivity index (χ2n) is 4.17. The van der Waals surface area contributed by atoms with E-state index in [0.29, 0.717) is 17.9 Å². The van der Waals surface area contributed by atoms with Gasteiger partial charge in [-0.15, -0.1) is 0 Å². The molecule has 0 aromatic heterocycles. The number of hydrogen-bond donors (Lipinski definition) is 2. The van der Waals surface area contributed by atoms with Crippen molar-refractivity contribution in [2.24, 2.45) is 0 Å². The summed E-state index contributed by atoms with van der Waals surface area (Å²) in [6, 6.07) is 2.50. The lowest BCUT2D eigenvalue weighted by Crippen LogP contribution is -2.33. The largest absolute Gasteiger partial charge is 0.379 e. The maximum atomic E-state index is 13.4. The van der Waals surface area contributed by atoms with Crippen molar-refractivity contribution in [3.8, 4) is 0 Å². The molecular weight excluding hydrogens is 210 g/mol. The average molecular weight is 226 g/mol. The van der Waals surface area contributed by atoms with Crippen molar-refractivity contribution in [2.45, 2.75) is 32.2 Å². The average Bonchev–Trinajstić information content (AvgIpc) is 2.25. The number of halogens is 2. The standard InChI is InChI=1S/C12H16F2N2/c1-2-3-4-9-7-15-12-10(14)5-8(13)6-11(12)16-9/h5-6,9,15-16H,2-4,7H2,1H3. The SMILES string of the molecule is CCCCC1CNc2c(F)cc(F)cc2N1. The first-order valence-corrected chi connectivity index (χ1v) is 5.70. The van der Waals surface area contributed by atoms with Gasteiger partial charge in [-0.3, -0.25) is 0 Å². The van der Waals surface area contributed by atoms with Crippen molar-refractivity contribution < 1.29 is 8.78 Å². The van der Waals surface area contributed by atoms with Gasteiger partial charge in [0.25, 0.3) is 0 Å². The zero-order valence-electron chi connectivity index (χ0n) is 9.32. The zero-order chi connectivity index (χ0) is 11.5. The molecule has 0 amide bonds. The predicted octanol–water partition coefficient (Wildman–Crippen LogP) is 3.36. The number of benzene rings is 1. The van der Waals surface area contributed by atoms with Crippen LogP contribution in [0.2, 0.25) is 0 Å². The van der Waals surface area contributed by atoms with Crippen LogP contribution in [0.5, 0.6) is 0 Å². The maximum Gasteiger partial charge on any atom is 0.151 e. The third kappa shape index (κ3) is 2.26. The van der Waals surface area contributed by atoms with Gasteiger partial charge in [-0.1, -0.05) is 19.8 Å². The second kappa shape index (κ2) is 4.68. The Labute approximate surface area is 94.0 Å². The first-order chi connectivity index (χ1) is 7.70. The number of fused-ring (bicyclic) bond motifs is 1. The Morgan fingerprint density at radius 3 is 2.94 bits per heavy atom. The van der Waals surface area contributed by atoms with Gasteiger partial charge in [0.15, 0.2) is 5.82 Å². The number of rotatable bonds is 3. The number of hydrogen-bond acceptors (Lipinski definition) is 2. The summed E-state index contributed by atoms with van der Waals surface area (Å²) >= 11 is 0. The lowest BCUT2D eigenvalue weighted by molar-refractivity contribution is 0.574. The van der Waals surface area contributed by atoms with Crippen LogP contribution < -0.4 is 10.6 Å². The molecule has 4 heteroatoms. The second-order valence-corrected chi connectivity index (χ2v) is 4.17. The molecule has 2 rings (SSSR count). The molecule has 1 unspecified atom stereocenters. The third-order valence-corrected chi connectivity index (χ3v) is 2.85. The molecule has 0 radical (unpaired) electrons. The normalized spacial score (nSPS) is 18.6. The van der Waals surface area contributed by atoms with E-state index in [1.165, 1.54) is 6.07 Å². The topological polar surface area (TPSA) is 24.1 Å². The van der Waals surface area contributed by atoms with Gasteiger partial charge in [-0.25, -0.2) is 8.78 Å². The minimum absolute atomic E-state index is 0.258. The van der Waals surface area contributed by atoms with E-state index in [1.807, 2.05) is 0 Å². The highest BCUT2D eigenvalue weighted by Gasteiger charge is 2.20. The van der Waals surface area contributed by atoms with E-state index >= 15 is 0 Å². The minimum atomic E-state index is -0.540. The van der Waals surface area contributed by atoms with Crippen LogP contribution in [-0.4, -0.2) is 12.6 Å². The quantitative estimate of drug-likeness (QED) is 0.825. The van der Waals surface area contributed by atoms with Crippen LogP contribution in [0.15, 0.2) is 12.1 Å². The highest BCUT2D eigenvalue weighted by molar-refractivity contribution is 5.72. The molecule has 0 bridgehead atoms. The summed E-state index contributed by atoms with van der Waals surface area (Å²) in [5, 5.41) is 6.18. The molecule has 1 aromatic rings. The summed E-state index contributed by atoms with van der Waals surface area (Å²) in [4.78, 5) is 0. The fraction of sp³-hybridized carbons (Fsp3) is 0.500. The lowest BCUT2D eigenvalue weighted by atomic mass is 10.1. The molecule has 2 N–H and O–H groups in total. The molecule has 0 aliphatic carbocycles. The van der Waals surface area contributed by atoms with Crippen LogP contribution in [0.4, 0.5) is 20.2 Å². The minimum Gasteiger partial charge on any atom is -0.379 e. The van der Waals surface area contributed by atoms with Crippen molar-refractivity contribution in [1.29, 1.82) is 0 Å². The van der Waals surface area contributed by atoms with Crippen LogP contribution in [-0.2, 0) is 0 Å². The van der Waals surface area contributed by atoms with Gasteiger partial charge < -0.3 is 10.6 Å². The van der Waals surface area contributed by atoms with Gasteiger partial charge in [0.2, 0.25) is 0 Å². The first-order valence-electron chi connectivity index (χ1n) is 5.70. The molecule has 1 aliphatic rings. The van der Waals surface area contributed by atoms with Crippen LogP contribution in [0.3, 0.4) is 0 Å². The summed E-state index contributed by atoms with van der Waals surface area (Å²) in [6.45, 7) is 2.82. The molecule has 0 fully saturated rings. The van der Waals surface area contributed by atoms with Gasteiger partial charge in [0, 0.05) is 18.7 Å². The molecule has 1 atom stereocenters. The van der Waals surface area contributed by atoms with E-state index in [-0.39, 0.29) is 6.04 Å². The van der Waals surface area contributed by atoms with E-state index < -0.39 is 11.6 Å². The van der Waals surface area contributed by atoms with Crippen LogP contribution >= 0.6 is 0 Å². The fourth-order valence-electron chi connectivity index (χ4n) is 1.99. The molecule has 0 saturated heterocycles. The smallest absolute Gasteiger partial charge is 0.151 e. The summed E-state index contributed by atoms with van der Waals surface area (Å²) in [5.41, 5.74) is 0.916. The fourth-order valence-corrected chi connectivity index (χ4v) is 1.99. The molecule has 0 spiro atoms. The van der Waals surface area contributed by atoms with Gasteiger partial charge in [-0.2, -0.15) is 0 Å². The van der Waals surface area contributed by atoms with Crippen LogP contribution in [0, 0.1) is 11.6 Å². The Kier molecular flexibility index (Phi) is 3.27. The van der Waals surface area contributed by atoms with Gasteiger partial charge in [0.1, 0.15) is 5.82 Å². The zero-order valence-corrected chi connectivity index (χ0v) is 9.32. The van der Waals surface area contributed by atoms with E-state index in [0.717, 1.165) is 25.3 Å². The molecule has 1 aromatic carbocycles. The van der Waals surface area contributed by atoms with Gasteiger partial charge in [0.05, 0.1) is 11.4 Å². The summed E-state index contributed by atoms with van der Waals surface area (Å²) < 4.78 is 26.4. The third-order valence-electron chi connectivity index (χ3n) is 2.85. The highest BCUT2D eigenvalue weighted by atomic mass is 19.1. The van der Waals surface area contributed by atoms with Crippen molar-refractivity contribution in [2.75, 3.05) is 17.2 Å². The predicted molar refractivity (Wildman–Crippen MR) is 61.8 cm³/mol. The molecule has 1 heterocycles. The number of nitrogens with one attached hydrogen (secondary N) is 2. The number of anilines is 2. The van der Waals surface area contributed by atoms with Crippen LogP contribution in [0.1, 0.15) is 26.2 Å². The first kappa shape index (κ1) is 11.2. The van der Waals surface area contributed by atoms with Gasteiger partial charge >= 0.3 is 0 Å². The monoisotopic (exact) mass is 226 g/mol. The van der Waals surface area contributed by atoms with Crippen LogP contribution in [0.25, 0.3) is 0 Å². The molecule has 2 nitrogen and oxygen atoms in total. The van der Waals surface area contributed by atoms with E-state index in [2.05, 4.69) is 17.6 Å². The van der Waals surface area contributed by atoms with Crippen molar-refractivity contribution >= 4 is 11.4 Å². The van der Waals surface area contributed by atoms with E-state index in [1.54, 1.807) is 0 Å². The van der Waals surface area contributed by atoms with E-state index in [4.69, 9.17) is 0 Å². The van der Waals surface area contributed by atoms with Crippen molar-refractivity contribution in [3.05, 3.63) is 23.8 Å². The Morgan fingerprint density at radius 1 is 1.38 bits per heavy atom. The summed E-state index contributed by atoms with van der Waals surface area (Å²) in [7, 11) is 0. The Bertz CT molecular complexity index is 380. The highest BCUT2D eigenvalue weighted by Crippen LogP contribution is 2.30. The Morgan fingerprint density at radius 2 is 2.19 bits per heavy atom. The van der Waals surface area contributed by atoms with Crippen molar-refractivity contribution in [1.82, 2.24) is 0 Å². The van der Waals surface area contributed by atoms with Gasteiger partial charge in [-0.05, 0) is 12.5 Å². The van der Waals surface area contributed by atoms with E-state index in [9.17, 15) is 8.78 Å². The molecule has 1 aliphatic heterocycles. The summed E-state index contributed by atoms with van der Waals surface area (Å²) in [6.07, 6.45) is 3.26. The molecule has 88 valence electrons. The molecule has 0 saturated carbocycles.